The van der Waals surface area contributed by atoms with Gasteiger partial charge < -0.3 is 4.57 Å². The first-order chi connectivity index (χ1) is 23.4. The molecule has 6 aromatic rings. The number of benzene rings is 4. The quantitative estimate of drug-likeness (QED) is 0.173. The molecule has 0 spiro atoms. The van der Waals surface area contributed by atoms with Gasteiger partial charge in [0.05, 0.1) is 5.52 Å². The highest BCUT2D eigenvalue weighted by atomic mass is 15.0. The zero-order chi connectivity index (χ0) is 32.3. The number of aromatic nitrogens is 1. The second-order valence-corrected chi connectivity index (χ2v) is 15.1. The van der Waals surface area contributed by atoms with Gasteiger partial charge in [0.1, 0.15) is 5.52 Å². The summed E-state index contributed by atoms with van der Waals surface area (Å²) in [5.41, 5.74) is 21.8. The number of aryl methyl sites for hydroxylation is 2. The SMILES string of the molecule is Cc1c#cc2c(c1)c1cc(/C(=C/c3ccccc3C)C3CC3)ccc1n2-c1ccc2c(c1)C(C)(C)c1c-2ccc2c1C1=C(CCC=C1)C2. The summed E-state index contributed by atoms with van der Waals surface area (Å²) < 4.78 is 2.43. The lowest BCUT2D eigenvalue weighted by Crippen LogP contribution is -2.17. The Morgan fingerprint density at radius 3 is 2.58 bits per heavy atom. The molecule has 232 valence electrons. The van der Waals surface area contributed by atoms with Crippen molar-refractivity contribution in [3.63, 3.8) is 0 Å². The van der Waals surface area contributed by atoms with Crippen LogP contribution in [0.25, 0.3) is 55.8 Å². The first-order valence-corrected chi connectivity index (χ1v) is 17.7. The van der Waals surface area contributed by atoms with Crippen LogP contribution < -0.4 is 0 Å². The molecule has 0 aliphatic heterocycles. The van der Waals surface area contributed by atoms with Crippen LogP contribution >= 0.6 is 0 Å². The minimum atomic E-state index is -0.0996. The lowest BCUT2D eigenvalue weighted by atomic mass is 9.78. The summed E-state index contributed by atoms with van der Waals surface area (Å²) in [5, 5.41) is 2.54. The first kappa shape index (κ1) is 28.0. The van der Waals surface area contributed by atoms with E-state index in [2.05, 4.69) is 141 Å². The average Bonchev–Trinajstić information content (AvgIpc) is 3.74. The zero-order valence-electron chi connectivity index (χ0n) is 28.3. The molecule has 0 atom stereocenters. The van der Waals surface area contributed by atoms with Crippen molar-refractivity contribution in [1.82, 2.24) is 4.57 Å². The van der Waals surface area contributed by atoms with Crippen LogP contribution in [0.15, 0.2) is 96.6 Å². The lowest BCUT2D eigenvalue weighted by molar-refractivity contribution is 0.657. The van der Waals surface area contributed by atoms with Gasteiger partial charge in [0.2, 0.25) is 0 Å². The fourth-order valence-corrected chi connectivity index (χ4v) is 9.11. The third-order valence-electron chi connectivity index (χ3n) is 11.7. The molecule has 10 rings (SSSR count). The van der Waals surface area contributed by atoms with E-state index in [4.69, 9.17) is 0 Å². The Bertz CT molecular complexity index is 2470. The summed E-state index contributed by atoms with van der Waals surface area (Å²) in [6.45, 7) is 9.23. The Kier molecular flexibility index (Phi) is 5.82. The topological polar surface area (TPSA) is 4.93 Å². The van der Waals surface area contributed by atoms with Gasteiger partial charge in [-0.1, -0.05) is 92.2 Å². The summed E-state index contributed by atoms with van der Waals surface area (Å²) in [6.07, 6.45) is 13.2. The second-order valence-electron chi connectivity index (χ2n) is 15.1. The maximum absolute atomic E-state index is 3.59. The van der Waals surface area contributed by atoms with Crippen molar-refractivity contribution in [2.75, 3.05) is 0 Å². The molecule has 1 fully saturated rings. The van der Waals surface area contributed by atoms with Crippen LogP contribution in [0.1, 0.15) is 84.0 Å². The van der Waals surface area contributed by atoms with Gasteiger partial charge in [0, 0.05) is 27.4 Å². The van der Waals surface area contributed by atoms with Crippen LogP contribution in [0, 0.1) is 31.9 Å². The molecule has 1 nitrogen and oxygen atoms in total. The molecule has 1 heterocycles. The van der Waals surface area contributed by atoms with E-state index in [1.807, 2.05) is 0 Å². The highest BCUT2D eigenvalue weighted by molar-refractivity contribution is 6.10. The van der Waals surface area contributed by atoms with Crippen LogP contribution in [0.3, 0.4) is 0 Å². The second kappa shape index (κ2) is 9.98. The third-order valence-corrected chi connectivity index (χ3v) is 11.7. The monoisotopic (exact) mass is 617 g/mol. The minimum absolute atomic E-state index is 0.0996. The van der Waals surface area contributed by atoms with Crippen LogP contribution in [-0.4, -0.2) is 4.57 Å². The molecule has 4 aliphatic rings. The maximum Gasteiger partial charge on any atom is 0.105 e. The normalized spacial score (nSPS) is 17.5. The Hall–Kier alpha value is -5.06. The highest BCUT2D eigenvalue weighted by Crippen LogP contribution is 2.55. The number of hydrogen-bond acceptors (Lipinski definition) is 0. The summed E-state index contributed by atoms with van der Waals surface area (Å²) in [4.78, 5) is 0. The van der Waals surface area contributed by atoms with Crippen LogP contribution in [0.4, 0.5) is 0 Å². The largest absolute Gasteiger partial charge is 0.302 e. The van der Waals surface area contributed by atoms with Gasteiger partial charge in [0.25, 0.3) is 0 Å². The van der Waals surface area contributed by atoms with Gasteiger partial charge in [-0.3, -0.25) is 0 Å². The van der Waals surface area contributed by atoms with E-state index >= 15 is 0 Å². The van der Waals surface area contributed by atoms with Crippen molar-refractivity contribution < 1.29 is 0 Å². The van der Waals surface area contributed by atoms with Gasteiger partial charge in [-0.2, -0.15) is 0 Å². The van der Waals surface area contributed by atoms with Crippen molar-refractivity contribution in [1.29, 1.82) is 0 Å². The zero-order valence-corrected chi connectivity index (χ0v) is 28.3. The summed E-state index contributed by atoms with van der Waals surface area (Å²) in [7, 11) is 0. The maximum atomic E-state index is 3.59. The number of allylic oxidation sites excluding steroid dienone is 5. The van der Waals surface area contributed by atoms with Crippen molar-refractivity contribution in [2.24, 2.45) is 5.92 Å². The number of fused-ring (bicyclic) bond motifs is 9. The summed E-state index contributed by atoms with van der Waals surface area (Å²) in [6, 6.07) is 37.2. The predicted molar refractivity (Wildman–Crippen MR) is 202 cm³/mol. The third kappa shape index (κ3) is 3.99. The molecule has 0 radical (unpaired) electrons. The number of rotatable bonds is 4. The van der Waals surface area contributed by atoms with Crippen LogP contribution in [0.2, 0.25) is 0 Å². The molecular formula is C47H39N. The Balaban J connectivity index is 1.14. The Morgan fingerprint density at radius 1 is 0.875 bits per heavy atom. The first-order valence-electron chi connectivity index (χ1n) is 17.7. The van der Waals surface area contributed by atoms with Crippen molar-refractivity contribution in [2.45, 2.75) is 65.2 Å². The van der Waals surface area contributed by atoms with Crippen LogP contribution in [-0.2, 0) is 11.8 Å². The lowest BCUT2D eigenvalue weighted by Gasteiger charge is -2.25. The highest BCUT2D eigenvalue weighted by Gasteiger charge is 2.41. The molecule has 0 amide bonds. The molecule has 4 aliphatic carbocycles. The van der Waals surface area contributed by atoms with Crippen molar-refractivity contribution in [3.05, 3.63) is 153 Å². The summed E-state index contributed by atoms with van der Waals surface area (Å²) >= 11 is 0. The van der Waals surface area contributed by atoms with E-state index < -0.39 is 0 Å². The summed E-state index contributed by atoms with van der Waals surface area (Å²) in [5.74, 6) is 0.634. The Labute approximate surface area is 283 Å². The standard InChI is InChI=1S/C47H39N/c1-28-13-21-43-40(23-28)41-26-33(39(30-14-15-30)25-31-10-6-5-9-29(31)2)17-22-44(41)48(43)35-18-20-37-38-19-16-34-24-32-11-7-8-12-36(32)45(34)46(38)47(3,4)42(37)27-35/h5-6,8-10,12,16-20,22-23,25-27,30H,7,11,14-15,24H2,1-4H3/b39-25+. The molecule has 1 heteroatoms. The van der Waals surface area contributed by atoms with E-state index in [9.17, 15) is 0 Å². The van der Waals surface area contributed by atoms with E-state index in [0.717, 1.165) is 17.5 Å². The molecule has 0 bridgehead atoms. The minimum Gasteiger partial charge on any atom is -0.302 e. The molecule has 0 N–H and O–H groups in total. The van der Waals surface area contributed by atoms with Crippen molar-refractivity contribution >= 4 is 39.0 Å². The Morgan fingerprint density at radius 2 is 1.73 bits per heavy atom. The van der Waals surface area contributed by atoms with Gasteiger partial charge >= 0.3 is 0 Å². The smallest absolute Gasteiger partial charge is 0.105 e. The van der Waals surface area contributed by atoms with E-state index in [1.165, 1.54) is 109 Å². The van der Waals surface area contributed by atoms with E-state index in [1.54, 1.807) is 5.57 Å². The van der Waals surface area contributed by atoms with E-state index in [-0.39, 0.29) is 5.41 Å². The number of nitrogens with zero attached hydrogens (tertiary/aromatic N) is 1. The molecule has 0 unspecified atom stereocenters. The van der Waals surface area contributed by atoms with Crippen LogP contribution in [0.5, 0.6) is 0 Å². The van der Waals surface area contributed by atoms with Gasteiger partial charge in [-0.05, 0) is 149 Å². The average molecular weight is 618 g/mol. The number of hydrogen-bond donors (Lipinski definition) is 0. The molecule has 1 saturated carbocycles. The van der Waals surface area contributed by atoms with Gasteiger partial charge in [-0.25, -0.2) is 0 Å². The van der Waals surface area contributed by atoms with Crippen molar-refractivity contribution in [3.8, 4) is 16.8 Å². The van der Waals surface area contributed by atoms with E-state index in [0.29, 0.717) is 5.92 Å². The van der Waals surface area contributed by atoms with Gasteiger partial charge in [-0.15, -0.1) is 0 Å². The molecule has 1 aromatic heterocycles. The predicted octanol–water partition coefficient (Wildman–Crippen LogP) is 11.9. The fourth-order valence-electron chi connectivity index (χ4n) is 9.11. The molecule has 5 aromatic carbocycles. The van der Waals surface area contributed by atoms with Gasteiger partial charge in [0.15, 0.2) is 0 Å². The fraction of sp³-hybridized carbons (Fsp3) is 0.234. The molecule has 48 heavy (non-hydrogen) atoms. The molecular weight excluding hydrogens is 579 g/mol. The molecule has 0 saturated heterocycles.